The van der Waals surface area contributed by atoms with Crippen molar-refractivity contribution in [2.45, 2.75) is 173 Å². The molecule has 0 aromatic carbocycles. The van der Waals surface area contributed by atoms with Crippen LogP contribution in [0, 0.1) is 52.3 Å². The highest BCUT2D eigenvalue weighted by Gasteiger charge is 2.65. The number of nitrogens with one attached hydrogen (secondary N) is 1. The predicted octanol–water partition coefficient (Wildman–Crippen LogP) is 10.7. The van der Waals surface area contributed by atoms with Gasteiger partial charge in [-0.1, -0.05) is 95.4 Å². The van der Waals surface area contributed by atoms with Crippen molar-refractivity contribution in [3.05, 3.63) is 0 Å². The molecule has 3 nitrogen and oxygen atoms in total. The molecule has 0 amide bonds. The molecule has 1 saturated heterocycles. The van der Waals surface area contributed by atoms with Crippen LogP contribution in [-0.4, -0.2) is 24.7 Å². The molecular formula is C37H73NO2. The maximum atomic E-state index is 9.44. The Morgan fingerprint density at radius 3 is 2.12 bits per heavy atom. The average Bonchev–Trinajstić information content (AvgIpc) is 3.43. The van der Waals surface area contributed by atoms with E-state index in [0.717, 1.165) is 42.1 Å². The molecule has 5 aliphatic rings. The van der Waals surface area contributed by atoms with E-state index in [-0.39, 0.29) is 5.78 Å². The van der Waals surface area contributed by atoms with Crippen molar-refractivity contribution in [1.29, 1.82) is 0 Å². The summed E-state index contributed by atoms with van der Waals surface area (Å²) < 4.78 is 6.78. The van der Waals surface area contributed by atoms with Crippen molar-refractivity contribution in [1.82, 2.24) is 5.32 Å². The molecule has 4 aliphatic carbocycles. The molecule has 238 valence electrons. The molecule has 5 fully saturated rings. The monoisotopic (exact) mass is 564 g/mol. The molecule has 0 radical (unpaired) electrons. The number of ether oxygens (including phenoxy) is 1. The standard InChI is InChI=1S/C28H49NO.C3H6O.3C2H6/c1-6-9-18(2)17-29-26-19(3)25-24(30-26)16-23-21-12-11-20-10-7-8-14-27(20,4)22(21)13-15-28(23,25)5;1-3(2)4;3*1-2/h18-26,29H,6-17H2,1-5H3;1-2H3;3*1-2H3/t18-,19-,20?,21+,22?,23?,24-,25?,26-,27-,28-;;;;/m0..../s1. The van der Waals surface area contributed by atoms with Crippen molar-refractivity contribution in [2.75, 3.05) is 6.54 Å². The quantitative estimate of drug-likeness (QED) is 0.361. The number of carbonyl (C=O) groups excluding carboxylic acids is 1. The first-order valence-corrected chi connectivity index (χ1v) is 18.0. The van der Waals surface area contributed by atoms with Crippen molar-refractivity contribution >= 4 is 5.78 Å². The third-order valence-electron chi connectivity index (χ3n) is 11.5. The summed E-state index contributed by atoms with van der Waals surface area (Å²) in [5.41, 5.74) is 1.18. The fourth-order valence-corrected chi connectivity index (χ4v) is 10.0. The van der Waals surface area contributed by atoms with Crippen LogP contribution in [0.3, 0.4) is 0 Å². The van der Waals surface area contributed by atoms with E-state index in [1.807, 2.05) is 41.5 Å². The van der Waals surface area contributed by atoms with Crippen LogP contribution in [0.25, 0.3) is 0 Å². The lowest BCUT2D eigenvalue weighted by Gasteiger charge is -2.60. The zero-order valence-electron chi connectivity index (χ0n) is 29.5. The van der Waals surface area contributed by atoms with E-state index < -0.39 is 0 Å². The van der Waals surface area contributed by atoms with Gasteiger partial charge in [-0.2, -0.15) is 0 Å². The molecule has 0 bridgehead atoms. The summed E-state index contributed by atoms with van der Waals surface area (Å²) in [6.07, 6.45) is 16.8. The number of hydrogen-bond acceptors (Lipinski definition) is 3. The molecule has 4 unspecified atom stereocenters. The van der Waals surface area contributed by atoms with Gasteiger partial charge < -0.3 is 9.53 Å². The number of Topliss-reactive ketones (excluding diaryl/α,β-unsaturated/α-hetero) is 1. The van der Waals surface area contributed by atoms with Crippen molar-refractivity contribution in [3.8, 4) is 0 Å². The molecule has 4 saturated carbocycles. The summed E-state index contributed by atoms with van der Waals surface area (Å²) in [5, 5.41) is 3.83. The van der Waals surface area contributed by atoms with Crippen LogP contribution in [0.15, 0.2) is 0 Å². The third-order valence-corrected chi connectivity index (χ3v) is 11.5. The largest absolute Gasteiger partial charge is 0.360 e. The highest BCUT2D eigenvalue weighted by atomic mass is 16.5. The number of hydrogen-bond donors (Lipinski definition) is 1. The Hall–Kier alpha value is -0.410. The van der Waals surface area contributed by atoms with Gasteiger partial charge in [-0.3, -0.25) is 5.32 Å². The molecule has 11 atom stereocenters. The third kappa shape index (κ3) is 8.15. The maximum Gasteiger partial charge on any atom is 0.126 e. The van der Waals surface area contributed by atoms with Crippen LogP contribution in [0.4, 0.5) is 0 Å². The lowest BCUT2D eigenvalue weighted by molar-refractivity contribution is -0.115. The lowest BCUT2D eigenvalue weighted by Crippen LogP contribution is -2.53. The van der Waals surface area contributed by atoms with Gasteiger partial charge in [0.25, 0.3) is 0 Å². The summed E-state index contributed by atoms with van der Waals surface area (Å²) in [6, 6.07) is 0. The van der Waals surface area contributed by atoms with Crippen LogP contribution >= 0.6 is 0 Å². The number of carbonyl (C=O) groups is 1. The molecule has 1 N–H and O–H groups in total. The molecule has 40 heavy (non-hydrogen) atoms. The summed E-state index contributed by atoms with van der Waals surface area (Å²) in [4.78, 5) is 9.44. The van der Waals surface area contributed by atoms with Crippen molar-refractivity contribution in [3.63, 3.8) is 0 Å². The van der Waals surface area contributed by atoms with E-state index in [1.54, 1.807) is 0 Å². The van der Waals surface area contributed by atoms with E-state index in [2.05, 4.69) is 39.9 Å². The second-order valence-electron chi connectivity index (χ2n) is 13.9. The smallest absolute Gasteiger partial charge is 0.126 e. The van der Waals surface area contributed by atoms with E-state index in [9.17, 15) is 4.79 Å². The van der Waals surface area contributed by atoms with Gasteiger partial charge in [0.05, 0.1) is 6.10 Å². The summed E-state index contributed by atoms with van der Waals surface area (Å²) in [7, 11) is 0. The molecule has 0 spiro atoms. The average molecular weight is 564 g/mol. The first-order chi connectivity index (χ1) is 19.1. The van der Waals surface area contributed by atoms with Gasteiger partial charge in [-0.15, -0.1) is 0 Å². The Kier molecular flexibility index (Phi) is 16.6. The van der Waals surface area contributed by atoms with Gasteiger partial charge in [0, 0.05) is 12.5 Å². The highest BCUT2D eigenvalue weighted by Crippen LogP contribution is 2.69. The van der Waals surface area contributed by atoms with Crippen LogP contribution < -0.4 is 5.32 Å². The second kappa shape index (κ2) is 17.6. The van der Waals surface area contributed by atoms with Gasteiger partial charge in [-0.25, -0.2) is 0 Å². The molecule has 5 rings (SSSR count). The lowest BCUT2D eigenvalue weighted by atomic mass is 9.44. The normalized spacial score (nSPS) is 41.2. The number of fused-ring (bicyclic) bond motifs is 7. The molecule has 3 heteroatoms. The first kappa shape index (κ1) is 37.6. The molecule has 1 aliphatic heterocycles. The zero-order chi connectivity index (χ0) is 30.7. The van der Waals surface area contributed by atoms with Gasteiger partial charge in [0.1, 0.15) is 12.0 Å². The van der Waals surface area contributed by atoms with E-state index in [4.69, 9.17) is 4.74 Å². The summed E-state index contributed by atoms with van der Waals surface area (Å²) >= 11 is 0. The van der Waals surface area contributed by atoms with E-state index in [0.29, 0.717) is 29.1 Å². The minimum Gasteiger partial charge on any atom is -0.360 e. The SMILES string of the molecule is CC.CC.CC.CC(C)=O.CCC[C@H](C)CN[C@H]1O[C@H]2CC3[C@@H]4CCC5CCCC[C@]5(C)C4CC[C@]3(C)C2[C@@H]1C. The Morgan fingerprint density at radius 2 is 1.52 bits per heavy atom. The predicted molar refractivity (Wildman–Crippen MR) is 176 cm³/mol. The zero-order valence-corrected chi connectivity index (χ0v) is 29.5. The Morgan fingerprint density at radius 1 is 0.900 bits per heavy atom. The summed E-state index contributed by atoms with van der Waals surface area (Å²) in [6.45, 7) is 28.8. The summed E-state index contributed by atoms with van der Waals surface area (Å²) in [5.74, 6) is 6.32. The molecule has 1 heterocycles. The minimum absolute atomic E-state index is 0.167. The van der Waals surface area contributed by atoms with Crippen molar-refractivity contribution < 1.29 is 9.53 Å². The first-order valence-electron chi connectivity index (χ1n) is 18.0. The Balaban J connectivity index is 0.000000712. The van der Waals surface area contributed by atoms with Gasteiger partial charge in [-0.05, 0) is 112 Å². The van der Waals surface area contributed by atoms with E-state index in [1.165, 1.54) is 84.5 Å². The fourth-order valence-electron chi connectivity index (χ4n) is 10.0. The van der Waals surface area contributed by atoms with Crippen LogP contribution in [0.2, 0.25) is 0 Å². The minimum atomic E-state index is 0.167. The topological polar surface area (TPSA) is 38.3 Å². The molecule has 0 aromatic heterocycles. The van der Waals surface area contributed by atoms with Crippen LogP contribution in [0.5, 0.6) is 0 Å². The fraction of sp³-hybridized carbons (Fsp3) is 0.973. The molecule has 0 aromatic rings. The van der Waals surface area contributed by atoms with E-state index >= 15 is 0 Å². The van der Waals surface area contributed by atoms with Crippen molar-refractivity contribution in [2.24, 2.45) is 52.3 Å². The number of rotatable bonds is 5. The number of ketones is 1. The Labute approximate surface area is 252 Å². The highest BCUT2D eigenvalue weighted by molar-refractivity contribution is 5.72. The van der Waals surface area contributed by atoms with Gasteiger partial charge in [0.15, 0.2) is 0 Å². The Bertz CT molecular complexity index is 704. The molecular weight excluding hydrogens is 490 g/mol. The maximum absolute atomic E-state index is 9.44. The van der Waals surface area contributed by atoms with Crippen LogP contribution in [0.1, 0.15) is 161 Å². The second-order valence-corrected chi connectivity index (χ2v) is 13.9. The van der Waals surface area contributed by atoms with Gasteiger partial charge in [0.2, 0.25) is 0 Å². The van der Waals surface area contributed by atoms with Crippen LogP contribution in [-0.2, 0) is 9.53 Å². The van der Waals surface area contributed by atoms with Gasteiger partial charge >= 0.3 is 0 Å².